The molecule has 0 saturated carbocycles. The Bertz CT molecular complexity index is 1380. The van der Waals surface area contributed by atoms with Crippen molar-refractivity contribution in [3.05, 3.63) is 84.8 Å². The highest BCUT2D eigenvalue weighted by atomic mass is 32.2. The van der Waals surface area contributed by atoms with Crippen molar-refractivity contribution < 1.29 is 27.5 Å². The van der Waals surface area contributed by atoms with E-state index in [1.54, 1.807) is 35.4 Å². The molecule has 168 valence electrons. The molecule has 3 heterocycles. The van der Waals surface area contributed by atoms with Gasteiger partial charge in [0.2, 0.25) is 10.0 Å². The van der Waals surface area contributed by atoms with Gasteiger partial charge in [-0.05, 0) is 66.6 Å². The Labute approximate surface area is 188 Å². The molecule has 11 heteroatoms. The van der Waals surface area contributed by atoms with E-state index >= 15 is 0 Å². The number of hydrogen-bond acceptors (Lipinski definition) is 7. The van der Waals surface area contributed by atoms with E-state index in [2.05, 4.69) is 10.2 Å². The van der Waals surface area contributed by atoms with E-state index < -0.39 is 22.0 Å². The zero-order valence-corrected chi connectivity index (χ0v) is 17.9. The number of hydrogen-bond donors (Lipinski definition) is 1. The number of ether oxygens (including phenoxy) is 1. The van der Waals surface area contributed by atoms with Crippen LogP contribution in [0.4, 0.5) is 0 Å². The number of aromatic nitrogens is 3. The SMILES string of the molecule is O=C(O)C1c2occc2CCN1S(=O)(=O)c1ccc(Oc2ccc(-n3cnnc3)cc2)cc1. The molecule has 1 unspecified atom stereocenters. The van der Waals surface area contributed by atoms with Gasteiger partial charge < -0.3 is 14.3 Å². The van der Waals surface area contributed by atoms with Crippen LogP contribution in [0.25, 0.3) is 5.69 Å². The van der Waals surface area contributed by atoms with Crippen molar-refractivity contribution in [1.29, 1.82) is 0 Å². The minimum atomic E-state index is -4.07. The lowest BCUT2D eigenvalue weighted by atomic mass is 10.0. The average Bonchev–Trinajstić information content (AvgIpc) is 3.51. The highest BCUT2D eigenvalue weighted by Gasteiger charge is 2.42. The Kier molecular flexibility index (Phi) is 5.19. The van der Waals surface area contributed by atoms with Crippen molar-refractivity contribution in [3.8, 4) is 17.2 Å². The van der Waals surface area contributed by atoms with Crippen molar-refractivity contribution in [2.24, 2.45) is 0 Å². The summed E-state index contributed by atoms with van der Waals surface area (Å²) in [6.45, 7) is 0.0445. The fourth-order valence-electron chi connectivity index (χ4n) is 3.75. The first-order valence-electron chi connectivity index (χ1n) is 9.97. The van der Waals surface area contributed by atoms with Gasteiger partial charge in [-0.15, -0.1) is 10.2 Å². The lowest BCUT2D eigenvalue weighted by Crippen LogP contribution is -2.43. The predicted molar refractivity (Wildman–Crippen MR) is 115 cm³/mol. The highest BCUT2D eigenvalue weighted by Crippen LogP contribution is 2.35. The van der Waals surface area contributed by atoms with Gasteiger partial charge >= 0.3 is 5.97 Å². The van der Waals surface area contributed by atoms with Crippen molar-refractivity contribution in [3.63, 3.8) is 0 Å². The van der Waals surface area contributed by atoms with Crippen LogP contribution in [0.3, 0.4) is 0 Å². The molecule has 0 saturated heterocycles. The summed E-state index contributed by atoms with van der Waals surface area (Å²) in [6, 6.07) is 13.3. The second kappa shape index (κ2) is 8.19. The molecule has 0 amide bonds. The van der Waals surface area contributed by atoms with E-state index in [0.29, 0.717) is 23.5 Å². The maximum Gasteiger partial charge on any atom is 0.329 e. The summed E-state index contributed by atoms with van der Waals surface area (Å²) in [7, 11) is -4.07. The average molecular weight is 466 g/mol. The van der Waals surface area contributed by atoms with Crippen molar-refractivity contribution in [1.82, 2.24) is 19.1 Å². The number of sulfonamides is 1. The lowest BCUT2D eigenvalue weighted by molar-refractivity contribution is -0.142. The van der Waals surface area contributed by atoms with E-state index in [0.717, 1.165) is 9.99 Å². The van der Waals surface area contributed by atoms with Gasteiger partial charge in [-0.1, -0.05) is 0 Å². The van der Waals surface area contributed by atoms with Crippen LogP contribution in [0.5, 0.6) is 11.5 Å². The number of carboxylic acid groups (broad SMARTS) is 1. The van der Waals surface area contributed by atoms with E-state index in [-0.39, 0.29) is 17.2 Å². The maximum atomic E-state index is 13.2. The number of fused-ring (bicyclic) bond motifs is 1. The smallest absolute Gasteiger partial charge is 0.329 e. The van der Waals surface area contributed by atoms with Crippen molar-refractivity contribution >= 4 is 16.0 Å². The standard InChI is InChI=1S/C22H18N4O6S/c27-22(28)20-21-15(10-12-31-21)9-11-26(20)33(29,30)19-7-5-18(6-8-19)32-17-3-1-16(2-4-17)25-13-23-24-14-25/h1-8,10,12-14,20H,9,11H2,(H,27,28). The summed E-state index contributed by atoms with van der Waals surface area (Å²) in [5, 5.41) is 17.2. The first kappa shape index (κ1) is 20.9. The third-order valence-corrected chi connectivity index (χ3v) is 7.25. The van der Waals surface area contributed by atoms with E-state index in [1.807, 2.05) is 12.1 Å². The fourth-order valence-corrected chi connectivity index (χ4v) is 5.30. The Balaban J connectivity index is 1.35. The first-order chi connectivity index (χ1) is 15.9. The molecule has 1 aliphatic heterocycles. The van der Waals surface area contributed by atoms with Crippen LogP contribution in [0.1, 0.15) is 17.4 Å². The normalized spacial score (nSPS) is 16.3. The minimum Gasteiger partial charge on any atom is -0.480 e. The van der Waals surface area contributed by atoms with Crippen LogP contribution >= 0.6 is 0 Å². The van der Waals surface area contributed by atoms with Crippen LogP contribution < -0.4 is 4.74 Å². The topological polar surface area (TPSA) is 128 Å². The summed E-state index contributed by atoms with van der Waals surface area (Å²) >= 11 is 0. The third kappa shape index (κ3) is 3.88. The predicted octanol–water partition coefficient (Wildman–Crippen LogP) is 3.03. The number of nitrogens with zero attached hydrogens (tertiary/aromatic N) is 4. The molecule has 0 fully saturated rings. The highest BCUT2D eigenvalue weighted by molar-refractivity contribution is 7.89. The van der Waals surface area contributed by atoms with E-state index in [4.69, 9.17) is 9.15 Å². The van der Waals surface area contributed by atoms with Gasteiger partial charge in [-0.25, -0.2) is 13.2 Å². The molecule has 0 bridgehead atoms. The molecular weight excluding hydrogens is 448 g/mol. The maximum absolute atomic E-state index is 13.2. The molecule has 10 nitrogen and oxygen atoms in total. The van der Waals surface area contributed by atoms with E-state index in [1.165, 1.54) is 30.5 Å². The lowest BCUT2D eigenvalue weighted by Gasteiger charge is -2.31. The molecule has 33 heavy (non-hydrogen) atoms. The number of rotatable bonds is 6. The monoisotopic (exact) mass is 466 g/mol. The zero-order chi connectivity index (χ0) is 23.0. The second-order valence-corrected chi connectivity index (χ2v) is 9.24. The number of aliphatic carboxylic acids is 1. The number of carbonyl (C=O) groups is 1. The largest absolute Gasteiger partial charge is 0.480 e. The minimum absolute atomic E-state index is 0.0286. The van der Waals surface area contributed by atoms with Crippen molar-refractivity contribution in [2.45, 2.75) is 17.4 Å². The van der Waals surface area contributed by atoms with Crippen LogP contribution in [0, 0.1) is 0 Å². The molecule has 0 radical (unpaired) electrons. The summed E-state index contributed by atoms with van der Waals surface area (Å²) in [5.74, 6) is -0.140. The zero-order valence-electron chi connectivity index (χ0n) is 17.1. The fraction of sp³-hybridized carbons (Fsp3) is 0.136. The van der Waals surface area contributed by atoms with Gasteiger partial charge in [-0.2, -0.15) is 4.31 Å². The molecule has 0 spiro atoms. The quantitative estimate of drug-likeness (QED) is 0.459. The Morgan fingerprint density at radius 1 is 1.00 bits per heavy atom. The summed E-state index contributed by atoms with van der Waals surface area (Å²) in [5.41, 5.74) is 1.57. The number of benzene rings is 2. The number of furan rings is 1. The van der Waals surface area contributed by atoms with Gasteiger partial charge in [0.15, 0.2) is 6.04 Å². The third-order valence-electron chi connectivity index (χ3n) is 5.37. The van der Waals surface area contributed by atoms with Gasteiger partial charge in [-0.3, -0.25) is 4.57 Å². The Morgan fingerprint density at radius 2 is 1.64 bits per heavy atom. The van der Waals surface area contributed by atoms with E-state index in [9.17, 15) is 18.3 Å². The summed E-state index contributed by atoms with van der Waals surface area (Å²) < 4.78 is 40.2. The van der Waals surface area contributed by atoms with Crippen LogP contribution in [-0.4, -0.2) is 45.1 Å². The number of carboxylic acids is 1. The van der Waals surface area contributed by atoms with Gasteiger partial charge in [0.05, 0.1) is 11.2 Å². The van der Waals surface area contributed by atoms with Gasteiger partial charge in [0.25, 0.3) is 0 Å². The molecule has 4 aromatic rings. The Morgan fingerprint density at radius 3 is 2.27 bits per heavy atom. The Hall–Kier alpha value is -3.96. The van der Waals surface area contributed by atoms with Crippen LogP contribution in [0.15, 0.2) is 82.8 Å². The second-order valence-electron chi connectivity index (χ2n) is 7.35. The molecule has 2 aromatic heterocycles. The molecule has 1 N–H and O–H groups in total. The molecule has 1 atom stereocenters. The van der Waals surface area contributed by atoms with Crippen LogP contribution in [0.2, 0.25) is 0 Å². The summed E-state index contributed by atoms with van der Waals surface area (Å²) in [4.78, 5) is 11.8. The molecular formula is C22H18N4O6S. The molecule has 2 aromatic carbocycles. The van der Waals surface area contributed by atoms with Crippen molar-refractivity contribution in [2.75, 3.05) is 6.54 Å². The first-order valence-corrected chi connectivity index (χ1v) is 11.4. The van der Waals surface area contributed by atoms with Crippen LogP contribution in [-0.2, 0) is 21.2 Å². The molecule has 0 aliphatic carbocycles. The van der Waals surface area contributed by atoms with Gasteiger partial charge in [0.1, 0.15) is 29.9 Å². The van der Waals surface area contributed by atoms with Gasteiger partial charge in [0, 0.05) is 12.2 Å². The summed E-state index contributed by atoms with van der Waals surface area (Å²) in [6.07, 6.45) is 4.92. The molecule has 5 rings (SSSR count). The molecule has 1 aliphatic rings.